The van der Waals surface area contributed by atoms with Crippen LogP contribution in [-0.2, 0) is 16.1 Å². The Balaban J connectivity index is 1.40. The number of hydrogen-bond donors (Lipinski definition) is 1. The van der Waals surface area contributed by atoms with E-state index in [4.69, 9.17) is 4.74 Å². The minimum atomic E-state index is 0.0673. The maximum atomic E-state index is 12.4. The summed E-state index contributed by atoms with van der Waals surface area (Å²) in [6.45, 7) is 6.49. The molecule has 2 aliphatic rings. The molecule has 0 bridgehead atoms. The molecule has 0 unspecified atom stereocenters. The van der Waals surface area contributed by atoms with Crippen LogP contribution in [0.4, 0.5) is 0 Å². The van der Waals surface area contributed by atoms with Crippen LogP contribution in [0.3, 0.4) is 0 Å². The lowest BCUT2D eigenvalue weighted by atomic mass is 9.93. The second-order valence-corrected chi connectivity index (χ2v) is 6.68. The molecule has 1 atom stereocenters. The minimum absolute atomic E-state index is 0.0673. The van der Waals surface area contributed by atoms with E-state index < -0.39 is 0 Å². The van der Waals surface area contributed by atoms with Gasteiger partial charge in [0.1, 0.15) is 12.7 Å². The number of rotatable bonds is 5. The van der Waals surface area contributed by atoms with Gasteiger partial charge in [-0.1, -0.05) is 0 Å². The summed E-state index contributed by atoms with van der Waals surface area (Å²) >= 11 is 0. The molecule has 0 radical (unpaired) electrons. The van der Waals surface area contributed by atoms with E-state index in [0.29, 0.717) is 12.6 Å². The zero-order chi connectivity index (χ0) is 16.1. The molecule has 2 fully saturated rings. The van der Waals surface area contributed by atoms with Crippen LogP contribution < -0.4 is 5.32 Å². The van der Waals surface area contributed by atoms with Gasteiger partial charge in [-0.15, -0.1) is 0 Å². The van der Waals surface area contributed by atoms with Crippen molar-refractivity contribution in [2.75, 3.05) is 26.3 Å². The Kier molecular flexibility index (Phi) is 5.61. The fourth-order valence-electron chi connectivity index (χ4n) is 3.59. The van der Waals surface area contributed by atoms with Crippen molar-refractivity contribution in [3.63, 3.8) is 0 Å². The van der Waals surface area contributed by atoms with E-state index in [2.05, 4.69) is 20.3 Å². The van der Waals surface area contributed by atoms with Gasteiger partial charge in [0.15, 0.2) is 0 Å². The molecule has 1 aromatic heterocycles. The minimum Gasteiger partial charge on any atom is -0.381 e. The molecule has 0 spiro atoms. The van der Waals surface area contributed by atoms with Crippen molar-refractivity contribution in [2.24, 2.45) is 5.92 Å². The fourth-order valence-corrected chi connectivity index (χ4v) is 3.59. The van der Waals surface area contributed by atoms with Gasteiger partial charge in [-0.05, 0) is 45.7 Å². The van der Waals surface area contributed by atoms with Crippen molar-refractivity contribution in [1.29, 1.82) is 0 Å². The number of carbonyl (C=O) groups excluding carboxylic acids is 1. The molecular weight excluding hydrogens is 294 g/mol. The lowest BCUT2D eigenvalue weighted by Crippen LogP contribution is -2.48. The number of hydrogen-bond acceptors (Lipinski definition) is 5. The third-order valence-electron chi connectivity index (χ3n) is 4.92. The molecule has 0 aromatic carbocycles. The lowest BCUT2D eigenvalue weighted by Gasteiger charge is -2.39. The predicted molar refractivity (Wildman–Crippen MR) is 85.8 cm³/mol. The second-order valence-electron chi connectivity index (χ2n) is 6.68. The van der Waals surface area contributed by atoms with Gasteiger partial charge in [0.2, 0.25) is 5.91 Å². The summed E-state index contributed by atoms with van der Waals surface area (Å²) in [4.78, 5) is 18.9. The molecular formula is C16H27N5O2. The second kappa shape index (κ2) is 7.88. The first kappa shape index (κ1) is 16.4. The van der Waals surface area contributed by atoms with Crippen molar-refractivity contribution in [1.82, 2.24) is 25.0 Å². The summed E-state index contributed by atoms with van der Waals surface area (Å²) in [5, 5.41) is 7.19. The summed E-state index contributed by atoms with van der Waals surface area (Å²) in [5.41, 5.74) is 0. The highest BCUT2D eigenvalue weighted by Gasteiger charge is 2.29. The van der Waals surface area contributed by atoms with Crippen LogP contribution in [0.25, 0.3) is 0 Å². The molecule has 3 heterocycles. The van der Waals surface area contributed by atoms with Crippen LogP contribution in [0.1, 0.15) is 32.6 Å². The molecule has 23 heavy (non-hydrogen) atoms. The van der Waals surface area contributed by atoms with Crippen LogP contribution in [0, 0.1) is 5.92 Å². The van der Waals surface area contributed by atoms with Gasteiger partial charge >= 0.3 is 0 Å². The first-order valence-corrected chi connectivity index (χ1v) is 8.67. The average molecular weight is 321 g/mol. The number of aromatic nitrogens is 3. The first-order valence-electron chi connectivity index (χ1n) is 8.67. The molecule has 7 nitrogen and oxygen atoms in total. The number of nitrogens with one attached hydrogen (secondary N) is 1. The molecule has 1 amide bonds. The van der Waals surface area contributed by atoms with Crippen LogP contribution in [-0.4, -0.2) is 64.0 Å². The standard InChI is InChI=1S/C16H27N5O2/c1-13(10-21-12-17-11-18-21)19-16(22)14-2-6-20(7-3-14)15-4-8-23-9-5-15/h11-15H,2-10H2,1H3,(H,19,22)/t13-/m0/s1. The monoisotopic (exact) mass is 321 g/mol. The van der Waals surface area contributed by atoms with E-state index in [-0.39, 0.29) is 17.9 Å². The molecule has 7 heteroatoms. The van der Waals surface area contributed by atoms with Gasteiger partial charge in [0, 0.05) is 31.2 Å². The molecule has 0 aliphatic carbocycles. The molecule has 3 rings (SSSR count). The third kappa shape index (κ3) is 4.51. The highest BCUT2D eigenvalue weighted by Crippen LogP contribution is 2.23. The Morgan fingerprint density at radius 3 is 2.70 bits per heavy atom. The summed E-state index contributed by atoms with van der Waals surface area (Å²) in [7, 11) is 0. The molecule has 1 N–H and O–H groups in total. The fraction of sp³-hybridized carbons (Fsp3) is 0.812. The van der Waals surface area contributed by atoms with Crippen molar-refractivity contribution >= 4 is 5.91 Å². The van der Waals surface area contributed by atoms with Crippen molar-refractivity contribution in [3.8, 4) is 0 Å². The zero-order valence-electron chi connectivity index (χ0n) is 13.9. The van der Waals surface area contributed by atoms with Crippen LogP contribution in [0.2, 0.25) is 0 Å². The topological polar surface area (TPSA) is 72.3 Å². The van der Waals surface area contributed by atoms with Crippen molar-refractivity contribution < 1.29 is 9.53 Å². The summed E-state index contributed by atoms with van der Waals surface area (Å²) in [6.07, 6.45) is 7.37. The average Bonchev–Trinajstić information content (AvgIpc) is 3.08. The van der Waals surface area contributed by atoms with Gasteiger partial charge in [0.25, 0.3) is 0 Å². The molecule has 2 aliphatic heterocycles. The Morgan fingerprint density at radius 2 is 2.04 bits per heavy atom. The van der Waals surface area contributed by atoms with E-state index in [1.807, 2.05) is 6.92 Å². The van der Waals surface area contributed by atoms with Crippen molar-refractivity contribution in [2.45, 2.75) is 51.2 Å². The normalized spacial score (nSPS) is 22.8. The SMILES string of the molecule is C[C@@H](Cn1cncn1)NC(=O)C1CCN(C2CCOCC2)CC1. The predicted octanol–water partition coefficient (Wildman–Crippen LogP) is 0.674. The maximum Gasteiger partial charge on any atom is 0.223 e. The van der Waals surface area contributed by atoms with Gasteiger partial charge < -0.3 is 15.0 Å². The smallest absolute Gasteiger partial charge is 0.223 e. The largest absolute Gasteiger partial charge is 0.381 e. The molecule has 1 aromatic rings. The quantitative estimate of drug-likeness (QED) is 0.863. The van der Waals surface area contributed by atoms with E-state index >= 15 is 0 Å². The highest BCUT2D eigenvalue weighted by atomic mass is 16.5. The number of carbonyl (C=O) groups is 1. The maximum absolute atomic E-state index is 12.4. The lowest BCUT2D eigenvalue weighted by molar-refractivity contribution is -0.127. The number of piperidine rings is 1. The van der Waals surface area contributed by atoms with E-state index in [9.17, 15) is 4.79 Å². The van der Waals surface area contributed by atoms with Gasteiger partial charge in [-0.3, -0.25) is 9.48 Å². The van der Waals surface area contributed by atoms with E-state index in [1.165, 1.54) is 6.33 Å². The Labute approximate surface area is 137 Å². The van der Waals surface area contributed by atoms with E-state index in [1.54, 1.807) is 11.0 Å². The van der Waals surface area contributed by atoms with Gasteiger partial charge in [-0.25, -0.2) is 4.98 Å². The van der Waals surface area contributed by atoms with Crippen LogP contribution >= 0.6 is 0 Å². The Hall–Kier alpha value is -1.47. The van der Waals surface area contributed by atoms with Crippen LogP contribution in [0.5, 0.6) is 0 Å². The number of amides is 1. The number of nitrogens with zero attached hydrogens (tertiary/aromatic N) is 4. The zero-order valence-corrected chi connectivity index (χ0v) is 13.9. The van der Waals surface area contributed by atoms with Gasteiger partial charge in [-0.2, -0.15) is 5.10 Å². The summed E-state index contributed by atoms with van der Waals surface area (Å²) in [6, 6.07) is 0.719. The summed E-state index contributed by atoms with van der Waals surface area (Å²) < 4.78 is 7.18. The molecule has 0 saturated carbocycles. The molecule has 2 saturated heterocycles. The molecule has 128 valence electrons. The Morgan fingerprint density at radius 1 is 1.30 bits per heavy atom. The van der Waals surface area contributed by atoms with Crippen LogP contribution in [0.15, 0.2) is 12.7 Å². The first-order chi connectivity index (χ1) is 11.2. The Bertz CT molecular complexity index is 479. The summed E-state index contributed by atoms with van der Waals surface area (Å²) in [5.74, 6) is 0.327. The third-order valence-corrected chi connectivity index (χ3v) is 4.92. The highest BCUT2D eigenvalue weighted by molar-refractivity contribution is 5.79. The van der Waals surface area contributed by atoms with Crippen molar-refractivity contribution in [3.05, 3.63) is 12.7 Å². The van der Waals surface area contributed by atoms with Gasteiger partial charge in [0.05, 0.1) is 6.54 Å². The van der Waals surface area contributed by atoms with E-state index in [0.717, 1.165) is 52.0 Å². The number of ether oxygens (including phenoxy) is 1. The number of likely N-dealkylation sites (tertiary alicyclic amines) is 1.